The Hall–Kier alpha value is -3.31. The number of rotatable bonds is 9. The van der Waals surface area contributed by atoms with Crippen molar-refractivity contribution in [2.45, 2.75) is 24.8 Å². The predicted octanol–water partition coefficient (Wildman–Crippen LogP) is 2.94. The maximum Gasteiger partial charge on any atom is 0.241 e. The summed E-state index contributed by atoms with van der Waals surface area (Å²) >= 11 is 0. The summed E-state index contributed by atoms with van der Waals surface area (Å²) in [5.74, 6) is 0.00780. The molecule has 0 radical (unpaired) electrons. The average molecular weight is 490 g/mol. The van der Waals surface area contributed by atoms with Gasteiger partial charge in [-0.1, -0.05) is 24.3 Å². The fourth-order valence-corrected chi connectivity index (χ4v) is 4.15. The van der Waals surface area contributed by atoms with E-state index < -0.39 is 10.8 Å². The van der Waals surface area contributed by atoms with Gasteiger partial charge >= 0.3 is 0 Å². The molecule has 0 spiro atoms. The van der Waals surface area contributed by atoms with E-state index in [0.29, 0.717) is 34.0 Å². The molecule has 10 heteroatoms. The number of aromatic nitrogens is 2. The van der Waals surface area contributed by atoms with Crippen molar-refractivity contribution in [1.82, 2.24) is 15.3 Å². The molecule has 1 heterocycles. The van der Waals surface area contributed by atoms with Gasteiger partial charge in [0.15, 0.2) is 0 Å². The number of nitrogens with one attached hydrogen (secondary N) is 3. The van der Waals surface area contributed by atoms with Crippen molar-refractivity contribution >= 4 is 22.6 Å². The highest BCUT2D eigenvalue weighted by molar-refractivity contribution is 7.85. The molecule has 6 N–H and O–H groups in total. The van der Waals surface area contributed by atoms with Crippen molar-refractivity contribution in [2.75, 3.05) is 19.4 Å². The van der Waals surface area contributed by atoms with E-state index in [0.717, 1.165) is 17.7 Å². The van der Waals surface area contributed by atoms with E-state index in [1.165, 1.54) is 0 Å². The molecular formula is C24H35N5O4S. The maximum atomic E-state index is 12.2. The SMILES string of the molecule is CNCc1ccc(C(=N)OC(=N)c2nc(-c3ccc(S(=O)CCCO)cc3)cnc2C)cc1.O.[HH].[HH].[HH]. The van der Waals surface area contributed by atoms with Crippen LogP contribution in [0.2, 0.25) is 0 Å². The third kappa shape index (κ3) is 6.84. The zero-order chi connectivity index (χ0) is 23.8. The van der Waals surface area contributed by atoms with Crippen LogP contribution in [0.15, 0.2) is 59.6 Å². The Balaban J connectivity index is 0. The largest absolute Gasteiger partial charge is 0.419 e. The minimum Gasteiger partial charge on any atom is -0.419 e. The second kappa shape index (κ2) is 12.8. The number of hydrogen-bond acceptors (Lipinski definition) is 8. The first-order valence-corrected chi connectivity index (χ1v) is 11.8. The van der Waals surface area contributed by atoms with Crippen LogP contribution in [-0.2, 0) is 22.1 Å². The Morgan fingerprint density at radius 3 is 2.41 bits per heavy atom. The molecule has 186 valence electrons. The van der Waals surface area contributed by atoms with Gasteiger partial charge in [0.05, 0.1) is 28.4 Å². The minimum absolute atomic E-state index is 0. The molecular weight excluding hydrogens is 454 g/mol. The van der Waals surface area contributed by atoms with Crippen LogP contribution in [0, 0.1) is 17.7 Å². The first-order valence-electron chi connectivity index (χ1n) is 10.5. The lowest BCUT2D eigenvalue weighted by Gasteiger charge is -2.11. The second-order valence-corrected chi connectivity index (χ2v) is 8.90. The van der Waals surface area contributed by atoms with Crippen LogP contribution in [0.25, 0.3) is 11.3 Å². The first-order chi connectivity index (χ1) is 15.9. The number of nitrogens with zero attached hydrogens (tertiary/aromatic N) is 2. The molecule has 9 nitrogen and oxygen atoms in total. The van der Waals surface area contributed by atoms with E-state index in [-0.39, 0.29) is 33.9 Å². The van der Waals surface area contributed by atoms with Crippen molar-refractivity contribution in [3.05, 3.63) is 77.2 Å². The minimum atomic E-state index is -1.17. The fraction of sp³-hybridized carbons (Fsp3) is 0.250. The molecule has 34 heavy (non-hydrogen) atoms. The Morgan fingerprint density at radius 1 is 1.12 bits per heavy atom. The molecule has 0 bridgehead atoms. The average Bonchev–Trinajstić information content (AvgIpc) is 2.83. The summed E-state index contributed by atoms with van der Waals surface area (Å²) in [6.07, 6.45) is 2.09. The lowest BCUT2D eigenvalue weighted by molar-refractivity contribution is 0.296. The summed E-state index contributed by atoms with van der Waals surface area (Å²) < 4.78 is 17.7. The van der Waals surface area contributed by atoms with Gasteiger partial charge in [-0.05, 0) is 50.2 Å². The van der Waals surface area contributed by atoms with Crippen molar-refractivity contribution < 1.29 is 23.8 Å². The van der Waals surface area contributed by atoms with Crippen LogP contribution < -0.4 is 5.32 Å². The lowest BCUT2D eigenvalue weighted by atomic mass is 10.1. The third-order valence-electron chi connectivity index (χ3n) is 4.87. The molecule has 2 aromatic carbocycles. The Labute approximate surface area is 205 Å². The standard InChI is InChI=1S/C24H27N5O3S.H2O.3H2/c1-16-22(24(26)32-23(25)19-6-4-17(5-7-19)14-27-2)29-21(15-28-16)18-8-10-20(11-9-18)33(31)13-3-12-30;;;;/h4-11,15,25-27,30H,3,12-14H2,1-2H3;1H2;3*1H. The van der Waals surface area contributed by atoms with Gasteiger partial charge in [-0.25, -0.2) is 4.98 Å². The number of hydrogen-bond donors (Lipinski definition) is 4. The van der Waals surface area contributed by atoms with Crippen LogP contribution >= 0.6 is 0 Å². The van der Waals surface area contributed by atoms with Gasteiger partial charge in [0.1, 0.15) is 5.69 Å². The number of aryl methyl sites for hydroxylation is 1. The smallest absolute Gasteiger partial charge is 0.241 e. The molecule has 0 aliphatic carbocycles. The predicted molar refractivity (Wildman–Crippen MR) is 139 cm³/mol. The van der Waals surface area contributed by atoms with Crippen LogP contribution in [-0.4, -0.2) is 56.0 Å². The van der Waals surface area contributed by atoms with Crippen LogP contribution in [0.4, 0.5) is 0 Å². The molecule has 0 saturated carbocycles. The Kier molecular flexibility index (Phi) is 10.1. The highest BCUT2D eigenvalue weighted by Crippen LogP contribution is 2.20. The maximum absolute atomic E-state index is 12.2. The van der Waals surface area contributed by atoms with Gasteiger partial charge in [-0.2, -0.15) is 0 Å². The molecule has 3 rings (SSSR count). The van der Waals surface area contributed by atoms with Gasteiger partial charge in [0, 0.05) is 39.2 Å². The van der Waals surface area contributed by atoms with Crippen LogP contribution in [0.5, 0.6) is 0 Å². The zero-order valence-corrected chi connectivity index (χ0v) is 19.9. The number of ether oxygens (including phenoxy) is 1. The van der Waals surface area contributed by atoms with E-state index >= 15 is 0 Å². The first kappa shape index (κ1) is 26.9. The van der Waals surface area contributed by atoms with Crippen molar-refractivity contribution in [3.8, 4) is 11.3 Å². The summed E-state index contributed by atoms with van der Waals surface area (Å²) in [4.78, 5) is 9.54. The number of aliphatic hydroxyl groups is 1. The molecule has 0 amide bonds. The van der Waals surface area contributed by atoms with Gasteiger partial charge in [0.25, 0.3) is 0 Å². The molecule has 1 unspecified atom stereocenters. The quantitative estimate of drug-likeness (QED) is 0.267. The zero-order valence-electron chi connectivity index (χ0n) is 19.1. The highest BCUT2D eigenvalue weighted by atomic mass is 32.2. The molecule has 3 aromatic rings. The lowest BCUT2D eigenvalue weighted by Crippen LogP contribution is -2.16. The molecule has 1 aromatic heterocycles. The second-order valence-electron chi connectivity index (χ2n) is 7.33. The van der Waals surface area contributed by atoms with Gasteiger partial charge < -0.3 is 20.6 Å². The molecule has 1 atom stereocenters. The van der Waals surface area contributed by atoms with E-state index in [1.807, 2.05) is 19.2 Å². The molecule has 0 aliphatic rings. The van der Waals surface area contributed by atoms with Crippen molar-refractivity contribution in [2.24, 2.45) is 0 Å². The monoisotopic (exact) mass is 489 g/mol. The summed E-state index contributed by atoms with van der Waals surface area (Å²) in [5, 5.41) is 28.5. The number of aliphatic hydroxyl groups excluding tert-OH is 1. The Morgan fingerprint density at radius 2 is 1.79 bits per heavy atom. The summed E-state index contributed by atoms with van der Waals surface area (Å²) in [5.41, 5.74) is 3.71. The van der Waals surface area contributed by atoms with E-state index in [2.05, 4.69) is 15.3 Å². The normalized spacial score (nSPS) is 11.4. The van der Waals surface area contributed by atoms with Gasteiger partial charge in [0.2, 0.25) is 11.8 Å². The Bertz CT molecular complexity index is 1170. The summed E-state index contributed by atoms with van der Waals surface area (Å²) in [6, 6.07) is 14.5. The van der Waals surface area contributed by atoms with Gasteiger partial charge in [-0.3, -0.25) is 20.0 Å². The fourth-order valence-electron chi connectivity index (χ4n) is 3.08. The van der Waals surface area contributed by atoms with Crippen LogP contribution in [0.3, 0.4) is 0 Å². The molecule has 0 saturated heterocycles. The van der Waals surface area contributed by atoms with Crippen molar-refractivity contribution in [3.63, 3.8) is 0 Å². The molecule has 0 aliphatic heterocycles. The molecule has 0 fully saturated rings. The third-order valence-corrected chi connectivity index (χ3v) is 6.33. The van der Waals surface area contributed by atoms with Gasteiger partial charge in [-0.15, -0.1) is 0 Å². The summed E-state index contributed by atoms with van der Waals surface area (Å²) in [6.45, 7) is 2.47. The summed E-state index contributed by atoms with van der Waals surface area (Å²) in [7, 11) is 0.699. The van der Waals surface area contributed by atoms with E-state index in [4.69, 9.17) is 20.7 Å². The van der Waals surface area contributed by atoms with E-state index in [9.17, 15) is 4.21 Å². The van der Waals surface area contributed by atoms with E-state index in [1.54, 1.807) is 49.5 Å². The number of benzene rings is 2. The van der Waals surface area contributed by atoms with Crippen molar-refractivity contribution in [1.29, 1.82) is 10.8 Å². The van der Waals surface area contributed by atoms with Crippen LogP contribution in [0.1, 0.15) is 33.2 Å². The topological polar surface area (TPSA) is 164 Å². The highest BCUT2D eigenvalue weighted by Gasteiger charge is 2.15.